The van der Waals surface area contributed by atoms with Gasteiger partial charge in [0, 0.05) is 12.1 Å². The highest BCUT2D eigenvalue weighted by Crippen LogP contribution is 2.25. The molecule has 0 fully saturated rings. The topological polar surface area (TPSA) is 51.8 Å². The Bertz CT molecular complexity index is 547. The minimum Gasteiger partial charge on any atom is -0.325 e. The summed E-state index contributed by atoms with van der Waals surface area (Å²) in [5.74, 6) is 0. The standard InChI is InChI=1S/C14H17N3/c1-9-4-5-13(11(3)10(9)2)14-6-12(7-15)16-8-17-14/h4-6,8H,7,15H2,1-3H3. The number of nitrogens with zero attached hydrogens (tertiary/aromatic N) is 2. The van der Waals surface area contributed by atoms with E-state index in [2.05, 4.69) is 42.9 Å². The Kier molecular flexibility index (Phi) is 3.20. The summed E-state index contributed by atoms with van der Waals surface area (Å²) >= 11 is 0. The first-order chi connectivity index (χ1) is 8.13. The zero-order valence-corrected chi connectivity index (χ0v) is 10.5. The number of rotatable bonds is 2. The van der Waals surface area contributed by atoms with Crippen LogP contribution in [0.4, 0.5) is 0 Å². The molecule has 2 rings (SSSR count). The number of aromatic nitrogens is 2. The van der Waals surface area contributed by atoms with E-state index in [1.165, 1.54) is 16.7 Å². The minimum absolute atomic E-state index is 0.444. The fourth-order valence-corrected chi connectivity index (χ4v) is 1.89. The van der Waals surface area contributed by atoms with Crippen molar-refractivity contribution in [3.8, 4) is 11.3 Å². The maximum atomic E-state index is 5.60. The Hall–Kier alpha value is -1.74. The average molecular weight is 227 g/mol. The van der Waals surface area contributed by atoms with Crippen molar-refractivity contribution in [2.75, 3.05) is 0 Å². The van der Waals surface area contributed by atoms with Gasteiger partial charge in [0.2, 0.25) is 0 Å². The maximum Gasteiger partial charge on any atom is 0.116 e. The lowest BCUT2D eigenvalue weighted by molar-refractivity contribution is 0.965. The number of hydrogen-bond acceptors (Lipinski definition) is 3. The fourth-order valence-electron chi connectivity index (χ4n) is 1.89. The van der Waals surface area contributed by atoms with Crippen LogP contribution >= 0.6 is 0 Å². The van der Waals surface area contributed by atoms with E-state index in [1.54, 1.807) is 6.33 Å². The molecule has 1 heterocycles. The number of aryl methyl sites for hydroxylation is 1. The lowest BCUT2D eigenvalue weighted by Crippen LogP contribution is -2.01. The van der Waals surface area contributed by atoms with Crippen LogP contribution in [-0.4, -0.2) is 9.97 Å². The molecular formula is C14H17N3. The second-order valence-electron chi connectivity index (χ2n) is 4.28. The second-order valence-corrected chi connectivity index (χ2v) is 4.28. The molecule has 0 aliphatic heterocycles. The van der Waals surface area contributed by atoms with E-state index in [-0.39, 0.29) is 0 Å². The van der Waals surface area contributed by atoms with Crippen molar-refractivity contribution in [2.45, 2.75) is 27.3 Å². The number of benzene rings is 1. The molecule has 0 amide bonds. The van der Waals surface area contributed by atoms with Crippen molar-refractivity contribution in [2.24, 2.45) is 5.73 Å². The average Bonchev–Trinajstić information content (AvgIpc) is 2.36. The molecule has 0 saturated carbocycles. The van der Waals surface area contributed by atoms with E-state index in [0.29, 0.717) is 6.54 Å². The van der Waals surface area contributed by atoms with Gasteiger partial charge in [-0.2, -0.15) is 0 Å². The van der Waals surface area contributed by atoms with Crippen LogP contribution in [0.1, 0.15) is 22.4 Å². The first kappa shape index (κ1) is 11.7. The molecule has 0 aliphatic rings. The van der Waals surface area contributed by atoms with Crippen LogP contribution in [0.3, 0.4) is 0 Å². The smallest absolute Gasteiger partial charge is 0.116 e. The summed E-state index contributed by atoms with van der Waals surface area (Å²) in [4.78, 5) is 8.44. The van der Waals surface area contributed by atoms with Gasteiger partial charge in [-0.15, -0.1) is 0 Å². The Morgan fingerprint density at radius 3 is 2.53 bits per heavy atom. The van der Waals surface area contributed by atoms with Crippen LogP contribution in [0.5, 0.6) is 0 Å². The summed E-state index contributed by atoms with van der Waals surface area (Å²) < 4.78 is 0. The van der Waals surface area contributed by atoms with Gasteiger partial charge in [0.15, 0.2) is 0 Å². The van der Waals surface area contributed by atoms with Crippen molar-refractivity contribution < 1.29 is 0 Å². The van der Waals surface area contributed by atoms with Gasteiger partial charge in [-0.3, -0.25) is 0 Å². The van der Waals surface area contributed by atoms with E-state index < -0.39 is 0 Å². The lowest BCUT2D eigenvalue weighted by Gasteiger charge is -2.11. The highest BCUT2D eigenvalue weighted by molar-refractivity contribution is 5.66. The Labute approximate surface area is 102 Å². The summed E-state index contributed by atoms with van der Waals surface area (Å²) in [5, 5.41) is 0. The molecule has 3 heteroatoms. The predicted octanol–water partition coefficient (Wildman–Crippen LogP) is 2.53. The second kappa shape index (κ2) is 4.63. The zero-order valence-electron chi connectivity index (χ0n) is 10.5. The molecule has 2 N–H and O–H groups in total. The zero-order chi connectivity index (χ0) is 12.4. The molecule has 0 radical (unpaired) electrons. The predicted molar refractivity (Wildman–Crippen MR) is 69.6 cm³/mol. The number of hydrogen-bond donors (Lipinski definition) is 1. The normalized spacial score (nSPS) is 10.6. The quantitative estimate of drug-likeness (QED) is 0.857. The van der Waals surface area contributed by atoms with Gasteiger partial charge < -0.3 is 5.73 Å². The Balaban J connectivity index is 2.56. The van der Waals surface area contributed by atoms with Crippen molar-refractivity contribution in [3.63, 3.8) is 0 Å². The molecule has 3 nitrogen and oxygen atoms in total. The van der Waals surface area contributed by atoms with Crippen LogP contribution in [0.25, 0.3) is 11.3 Å². The van der Waals surface area contributed by atoms with Crippen LogP contribution in [0, 0.1) is 20.8 Å². The molecule has 0 spiro atoms. The van der Waals surface area contributed by atoms with Crippen LogP contribution in [-0.2, 0) is 6.54 Å². The summed E-state index contributed by atoms with van der Waals surface area (Å²) in [7, 11) is 0. The summed E-state index contributed by atoms with van der Waals surface area (Å²) in [6.07, 6.45) is 1.58. The van der Waals surface area contributed by atoms with Crippen LogP contribution in [0.15, 0.2) is 24.5 Å². The van der Waals surface area contributed by atoms with E-state index in [4.69, 9.17) is 5.73 Å². The molecule has 0 atom stereocenters. The molecule has 17 heavy (non-hydrogen) atoms. The monoisotopic (exact) mass is 227 g/mol. The van der Waals surface area contributed by atoms with Gasteiger partial charge in [-0.1, -0.05) is 12.1 Å². The van der Waals surface area contributed by atoms with Gasteiger partial charge in [0.1, 0.15) is 6.33 Å². The van der Waals surface area contributed by atoms with Crippen molar-refractivity contribution in [1.82, 2.24) is 9.97 Å². The molecule has 2 aromatic rings. The minimum atomic E-state index is 0.444. The van der Waals surface area contributed by atoms with Crippen molar-refractivity contribution in [1.29, 1.82) is 0 Å². The van der Waals surface area contributed by atoms with E-state index in [9.17, 15) is 0 Å². The maximum absolute atomic E-state index is 5.60. The summed E-state index contributed by atoms with van der Waals surface area (Å²) in [5.41, 5.74) is 12.5. The van der Waals surface area contributed by atoms with Crippen LogP contribution < -0.4 is 5.73 Å². The highest BCUT2D eigenvalue weighted by Gasteiger charge is 2.07. The molecule has 1 aromatic heterocycles. The molecule has 0 unspecified atom stereocenters. The van der Waals surface area contributed by atoms with Crippen LogP contribution in [0.2, 0.25) is 0 Å². The van der Waals surface area contributed by atoms with Gasteiger partial charge in [0.05, 0.1) is 11.4 Å². The van der Waals surface area contributed by atoms with Gasteiger partial charge in [-0.05, 0) is 43.5 Å². The first-order valence-electron chi connectivity index (χ1n) is 5.71. The molecule has 0 bridgehead atoms. The third-order valence-corrected chi connectivity index (χ3v) is 3.27. The molecular weight excluding hydrogens is 210 g/mol. The summed E-state index contributed by atoms with van der Waals surface area (Å²) in [6, 6.07) is 6.19. The Morgan fingerprint density at radius 2 is 1.82 bits per heavy atom. The fraction of sp³-hybridized carbons (Fsp3) is 0.286. The SMILES string of the molecule is Cc1ccc(-c2cc(CN)ncn2)c(C)c1C. The summed E-state index contributed by atoms with van der Waals surface area (Å²) in [6.45, 7) is 6.83. The third-order valence-electron chi connectivity index (χ3n) is 3.27. The van der Waals surface area contributed by atoms with E-state index >= 15 is 0 Å². The molecule has 0 aliphatic carbocycles. The first-order valence-corrected chi connectivity index (χ1v) is 5.71. The van der Waals surface area contributed by atoms with E-state index in [0.717, 1.165) is 17.0 Å². The lowest BCUT2D eigenvalue weighted by atomic mass is 9.96. The molecule has 88 valence electrons. The van der Waals surface area contributed by atoms with Crippen molar-refractivity contribution in [3.05, 3.63) is 46.9 Å². The van der Waals surface area contributed by atoms with Gasteiger partial charge >= 0.3 is 0 Å². The Morgan fingerprint density at radius 1 is 1.06 bits per heavy atom. The van der Waals surface area contributed by atoms with E-state index in [1.807, 2.05) is 6.07 Å². The van der Waals surface area contributed by atoms with Crippen molar-refractivity contribution >= 4 is 0 Å². The number of nitrogens with two attached hydrogens (primary N) is 1. The van der Waals surface area contributed by atoms with Gasteiger partial charge in [0.25, 0.3) is 0 Å². The largest absolute Gasteiger partial charge is 0.325 e. The third kappa shape index (κ3) is 2.19. The molecule has 1 aromatic carbocycles. The molecule has 0 saturated heterocycles. The highest BCUT2D eigenvalue weighted by atomic mass is 14.8. The van der Waals surface area contributed by atoms with Gasteiger partial charge in [-0.25, -0.2) is 9.97 Å².